The van der Waals surface area contributed by atoms with Crippen molar-refractivity contribution < 1.29 is 8.62 Å². The van der Waals surface area contributed by atoms with Crippen LogP contribution in [-0.4, -0.2) is 26.5 Å². The highest BCUT2D eigenvalue weighted by Gasteiger charge is 2.29. The van der Waals surface area contributed by atoms with Gasteiger partial charge in [-0.3, -0.25) is 9.36 Å². The normalized spacial score (nSPS) is 15.9. The molecular weight excluding hydrogens is 470 g/mol. The highest BCUT2D eigenvalue weighted by Crippen LogP contribution is 2.45. The van der Waals surface area contributed by atoms with Gasteiger partial charge in [-0.05, 0) is 64.7 Å². The number of hydrogen-bond acceptors (Lipinski definition) is 5. The first-order valence-corrected chi connectivity index (χ1v) is 10.5. The third kappa shape index (κ3) is 3.44. The number of carbonyl (C=O) groups excluding carboxylic acids is 1. The molecule has 0 unspecified atom stereocenters. The lowest BCUT2D eigenvalue weighted by Crippen LogP contribution is -2.08. The Labute approximate surface area is 166 Å². The maximum atomic E-state index is 11.4. The van der Waals surface area contributed by atoms with Gasteiger partial charge in [0.1, 0.15) is 5.75 Å². The second-order valence-corrected chi connectivity index (χ2v) is 8.08. The maximum Gasteiger partial charge on any atom is 0.327 e. The third-order valence-corrected chi connectivity index (χ3v) is 6.25. The van der Waals surface area contributed by atoms with Crippen molar-refractivity contribution >= 4 is 56.0 Å². The molecule has 1 saturated carbocycles. The Kier molecular flexibility index (Phi) is 5.01. The predicted octanol–water partition coefficient (Wildman–Crippen LogP) is 4.81. The Balaban J connectivity index is 1.77. The standard InChI is InChI=1S/C17H15Br2N3O2S/c18-16-20-21-17(25-9-15(23)24-19)22(16)14-8-7-11(10-5-6-10)12-3-1-2-4-13(12)14/h2,4,7-8,10H,1,3,5-6,9H2. The van der Waals surface area contributed by atoms with Gasteiger partial charge in [-0.2, -0.15) is 0 Å². The molecule has 2 aliphatic rings. The van der Waals surface area contributed by atoms with Crippen molar-refractivity contribution in [3.63, 3.8) is 0 Å². The Hall–Kier alpha value is -1.12. The van der Waals surface area contributed by atoms with Crippen molar-refractivity contribution in [2.24, 2.45) is 0 Å². The molecule has 1 aromatic heterocycles. The average molecular weight is 485 g/mol. The summed E-state index contributed by atoms with van der Waals surface area (Å²) in [5.41, 5.74) is 5.21. The summed E-state index contributed by atoms with van der Waals surface area (Å²) in [6, 6.07) is 4.39. The van der Waals surface area contributed by atoms with Crippen LogP contribution in [0.2, 0.25) is 0 Å². The molecule has 0 N–H and O–H groups in total. The summed E-state index contributed by atoms with van der Waals surface area (Å²) in [5.74, 6) is 0.525. The number of hydrogen-bond donors (Lipinski definition) is 0. The van der Waals surface area contributed by atoms with Crippen LogP contribution in [0.3, 0.4) is 0 Å². The van der Waals surface area contributed by atoms with Crippen LogP contribution < -0.4 is 0 Å². The van der Waals surface area contributed by atoms with Crippen LogP contribution >= 0.6 is 44.0 Å². The Morgan fingerprint density at radius 3 is 2.96 bits per heavy atom. The van der Waals surface area contributed by atoms with E-state index in [9.17, 15) is 4.79 Å². The summed E-state index contributed by atoms with van der Waals surface area (Å²) in [5, 5.41) is 8.99. The minimum absolute atomic E-state index is 0.161. The van der Waals surface area contributed by atoms with Crippen LogP contribution in [-0.2, 0) is 15.0 Å². The second-order valence-electron chi connectivity index (χ2n) is 6.11. The molecule has 0 aliphatic heterocycles. The minimum atomic E-state index is -0.360. The number of thioether (sulfide) groups is 1. The van der Waals surface area contributed by atoms with E-state index in [4.69, 9.17) is 0 Å². The van der Waals surface area contributed by atoms with E-state index < -0.39 is 0 Å². The zero-order valence-corrected chi connectivity index (χ0v) is 17.2. The SMILES string of the molecule is O=C(CSc1nnc(Br)n1-c1ccc(C2CC2)c2c1C=CCC2)OBr. The first-order chi connectivity index (χ1) is 12.2. The van der Waals surface area contributed by atoms with Crippen LogP contribution in [0.25, 0.3) is 11.8 Å². The largest absolute Gasteiger partial charge is 0.383 e. The van der Waals surface area contributed by atoms with E-state index in [1.54, 1.807) is 0 Å². The number of carbonyl (C=O) groups is 1. The Morgan fingerprint density at radius 2 is 2.20 bits per heavy atom. The van der Waals surface area contributed by atoms with E-state index in [-0.39, 0.29) is 11.7 Å². The van der Waals surface area contributed by atoms with Gasteiger partial charge >= 0.3 is 5.97 Å². The molecule has 1 aromatic carbocycles. The fourth-order valence-corrected chi connectivity index (χ4v) is 4.77. The molecule has 25 heavy (non-hydrogen) atoms. The molecule has 1 heterocycles. The molecule has 5 nitrogen and oxygen atoms in total. The monoisotopic (exact) mass is 483 g/mol. The molecule has 130 valence electrons. The zero-order valence-electron chi connectivity index (χ0n) is 13.2. The van der Waals surface area contributed by atoms with Gasteiger partial charge in [-0.15, -0.1) is 10.2 Å². The number of rotatable bonds is 5. The Bertz CT molecular complexity index is 862. The van der Waals surface area contributed by atoms with Crippen LogP contribution in [0.15, 0.2) is 28.1 Å². The van der Waals surface area contributed by atoms with Crippen LogP contribution in [0.4, 0.5) is 0 Å². The molecule has 0 spiro atoms. The summed E-state index contributed by atoms with van der Waals surface area (Å²) < 4.78 is 7.12. The van der Waals surface area contributed by atoms with E-state index in [1.165, 1.54) is 41.3 Å². The number of fused-ring (bicyclic) bond motifs is 1. The highest BCUT2D eigenvalue weighted by molar-refractivity contribution is 9.10. The van der Waals surface area contributed by atoms with Gasteiger partial charge in [0, 0.05) is 5.56 Å². The predicted molar refractivity (Wildman–Crippen MR) is 104 cm³/mol. The highest BCUT2D eigenvalue weighted by atomic mass is 79.9. The van der Waals surface area contributed by atoms with Crippen LogP contribution in [0, 0.1) is 0 Å². The van der Waals surface area contributed by atoms with Gasteiger partial charge in [0.05, 0.1) is 5.69 Å². The summed E-state index contributed by atoms with van der Waals surface area (Å²) in [6.07, 6.45) is 9.16. The van der Waals surface area contributed by atoms with E-state index in [2.05, 4.69) is 70.5 Å². The molecule has 0 radical (unpaired) electrons. The molecule has 1 fully saturated rings. The van der Waals surface area contributed by atoms with Crippen molar-refractivity contribution in [3.8, 4) is 5.69 Å². The molecule has 0 bridgehead atoms. The molecule has 4 rings (SSSR count). The number of aromatic nitrogens is 3. The van der Waals surface area contributed by atoms with Gasteiger partial charge in [0.2, 0.25) is 4.73 Å². The van der Waals surface area contributed by atoms with Crippen molar-refractivity contribution in [1.29, 1.82) is 0 Å². The molecule has 0 atom stereocenters. The Morgan fingerprint density at radius 1 is 1.36 bits per heavy atom. The number of nitrogens with zero attached hydrogens (tertiary/aromatic N) is 3. The second kappa shape index (κ2) is 7.25. The van der Waals surface area contributed by atoms with Crippen molar-refractivity contribution in [2.45, 2.75) is 36.8 Å². The van der Waals surface area contributed by atoms with Crippen molar-refractivity contribution in [2.75, 3.05) is 5.75 Å². The fourth-order valence-electron chi connectivity index (χ4n) is 3.23. The number of allylic oxidation sites excluding steroid dienone is 1. The molecule has 2 aliphatic carbocycles. The minimum Gasteiger partial charge on any atom is -0.383 e. The van der Waals surface area contributed by atoms with Gasteiger partial charge in [0.25, 0.3) is 0 Å². The summed E-state index contributed by atoms with van der Waals surface area (Å²) in [7, 11) is 0. The molecule has 0 saturated heterocycles. The summed E-state index contributed by atoms with van der Waals surface area (Å²) >= 11 is 7.50. The van der Waals surface area contributed by atoms with Crippen molar-refractivity contribution in [3.05, 3.63) is 39.6 Å². The summed E-state index contributed by atoms with van der Waals surface area (Å²) in [4.78, 5) is 11.4. The van der Waals surface area contributed by atoms with E-state index in [0.717, 1.165) is 24.4 Å². The smallest absolute Gasteiger partial charge is 0.327 e. The number of halogens is 2. The van der Waals surface area contributed by atoms with Gasteiger partial charge in [0.15, 0.2) is 21.4 Å². The fraction of sp³-hybridized carbons (Fsp3) is 0.353. The quantitative estimate of drug-likeness (QED) is 0.570. The third-order valence-electron chi connectivity index (χ3n) is 4.47. The maximum absolute atomic E-state index is 11.4. The first-order valence-electron chi connectivity index (χ1n) is 8.07. The number of benzene rings is 1. The van der Waals surface area contributed by atoms with Crippen LogP contribution in [0.1, 0.15) is 41.9 Å². The topological polar surface area (TPSA) is 57.0 Å². The lowest BCUT2D eigenvalue weighted by Gasteiger charge is -2.20. The summed E-state index contributed by atoms with van der Waals surface area (Å²) in [6.45, 7) is 0. The molecular formula is C17H15Br2N3O2S. The zero-order chi connectivity index (χ0) is 17.4. The van der Waals surface area contributed by atoms with E-state index in [1.807, 2.05) is 4.57 Å². The average Bonchev–Trinajstić information content (AvgIpc) is 3.42. The van der Waals surface area contributed by atoms with Crippen molar-refractivity contribution in [1.82, 2.24) is 14.8 Å². The first kappa shape index (κ1) is 17.3. The van der Waals surface area contributed by atoms with Gasteiger partial charge in [-0.1, -0.05) is 30.0 Å². The molecule has 0 amide bonds. The van der Waals surface area contributed by atoms with Crippen LogP contribution in [0.5, 0.6) is 0 Å². The van der Waals surface area contributed by atoms with Gasteiger partial charge < -0.3 is 3.83 Å². The van der Waals surface area contributed by atoms with E-state index >= 15 is 0 Å². The molecule has 2 aromatic rings. The molecule has 8 heteroatoms. The van der Waals surface area contributed by atoms with Gasteiger partial charge in [-0.25, -0.2) is 0 Å². The lowest BCUT2D eigenvalue weighted by molar-refractivity contribution is -0.129. The van der Waals surface area contributed by atoms with E-state index in [0.29, 0.717) is 9.89 Å². The lowest BCUT2D eigenvalue weighted by atomic mass is 9.89.